The number of aromatic carboxylic acids is 1. The number of hydrogen-bond acceptors (Lipinski definition) is 6. The monoisotopic (exact) mass is 626 g/mol. The molecule has 0 aliphatic carbocycles. The van der Waals surface area contributed by atoms with Gasteiger partial charge in [0.15, 0.2) is 11.5 Å². The Bertz CT molecular complexity index is 2020. The standard InChI is InChI=1S/C35H28ClFN2O6/c1-35(26-9-7-21(36)17-27(26)37)44-30-4-2-3-24(33(30)45-35)25-8-5-19(23-12-14-43-32(23)25)16-31-38-28-10-6-20(34(40)41)15-29(28)39(31)18-22-11-13-42-22/h2-10,15,17,22H,11-14,16,18H2,1H3,(H,40,41)/t22-,35?/m0/s1. The Morgan fingerprint density at radius 1 is 1.07 bits per heavy atom. The van der Waals surface area contributed by atoms with Crippen LogP contribution >= 0.6 is 11.6 Å². The van der Waals surface area contributed by atoms with Gasteiger partial charge < -0.3 is 28.6 Å². The van der Waals surface area contributed by atoms with Crippen molar-refractivity contribution in [3.8, 4) is 28.4 Å². The summed E-state index contributed by atoms with van der Waals surface area (Å²) in [6, 6.07) is 19.2. The number of para-hydroxylation sites is 1. The fourth-order valence-corrected chi connectivity index (χ4v) is 6.65. The van der Waals surface area contributed by atoms with Crippen molar-refractivity contribution in [1.29, 1.82) is 0 Å². The third kappa shape index (κ3) is 4.69. The van der Waals surface area contributed by atoms with Crippen LogP contribution in [-0.2, 0) is 29.9 Å². The summed E-state index contributed by atoms with van der Waals surface area (Å²) in [5, 5.41) is 9.90. The zero-order valence-corrected chi connectivity index (χ0v) is 25.1. The molecule has 1 N–H and O–H groups in total. The Morgan fingerprint density at radius 2 is 1.91 bits per heavy atom. The number of benzene rings is 4. The van der Waals surface area contributed by atoms with Crippen molar-refractivity contribution in [1.82, 2.24) is 9.55 Å². The van der Waals surface area contributed by atoms with E-state index in [1.807, 2.05) is 18.2 Å². The molecule has 0 radical (unpaired) electrons. The van der Waals surface area contributed by atoms with Gasteiger partial charge in [0.2, 0.25) is 0 Å². The first-order valence-electron chi connectivity index (χ1n) is 14.9. The van der Waals surface area contributed by atoms with Crippen molar-refractivity contribution in [2.75, 3.05) is 13.2 Å². The van der Waals surface area contributed by atoms with Gasteiger partial charge in [-0.05, 0) is 54.4 Å². The Kier molecular flexibility index (Phi) is 6.51. The first-order valence-corrected chi connectivity index (χ1v) is 15.2. The minimum Gasteiger partial charge on any atom is -0.492 e. The number of nitrogens with zero attached hydrogens (tertiary/aromatic N) is 2. The van der Waals surface area contributed by atoms with Gasteiger partial charge in [0.1, 0.15) is 17.4 Å². The van der Waals surface area contributed by atoms with Crippen LogP contribution < -0.4 is 14.2 Å². The maximum atomic E-state index is 14.9. The molecule has 1 unspecified atom stereocenters. The lowest BCUT2D eigenvalue weighted by Gasteiger charge is -2.27. The van der Waals surface area contributed by atoms with Gasteiger partial charge >= 0.3 is 5.97 Å². The Morgan fingerprint density at radius 3 is 2.69 bits per heavy atom. The SMILES string of the molecule is CC1(c2ccc(Cl)cc2F)Oc2cccc(-c3ccc(Cc4nc5ccc(C(=O)O)cc5n4C[C@@H]4CCO4)c4c3OCC4)c2O1. The van der Waals surface area contributed by atoms with Crippen molar-refractivity contribution in [2.45, 2.75) is 44.6 Å². The summed E-state index contributed by atoms with van der Waals surface area (Å²) in [5.74, 6) is -0.235. The van der Waals surface area contributed by atoms with Gasteiger partial charge in [0.25, 0.3) is 5.79 Å². The van der Waals surface area contributed by atoms with Crippen LogP contribution in [0.15, 0.2) is 66.7 Å². The molecule has 5 aromatic rings. The van der Waals surface area contributed by atoms with Crippen LogP contribution in [0.4, 0.5) is 4.39 Å². The van der Waals surface area contributed by atoms with E-state index >= 15 is 0 Å². The lowest BCUT2D eigenvalue weighted by Crippen LogP contribution is -2.32. The summed E-state index contributed by atoms with van der Waals surface area (Å²) in [5.41, 5.74) is 5.80. The van der Waals surface area contributed by atoms with E-state index in [2.05, 4.69) is 10.6 Å². The van der Waals surface area contributed by atoms with Gasteiger partial charge in [0, 0.05) is 48.1 Å². The van der Waals surface area contributed by atoms with Gasteiger partial charge in [-0.25, -0.2) is 14.2 Å². The second-order valence-electron chi connectivity index (χ2n) is 11.7. The molecule has 228 valence electrons. The van der Waals surface area contributed by atoms with Crippen LogP contribution in [0.3, 0.4) is 0 Å². The minimum absolute atomic E-state index is 0.0699. The summed E-state index contributed by atoms with van der Waals surface area (Å²) in [4.78, 5) is 16.6. The lowest BCUT2D eigenvalue weighted by atomic mass is 9.94. The summed E-state index contributed by atoms with van der Waals surface area (Å²) < 4.78 is 41.6. The third-order valence-corrected chi connectivity index (χ3v) is 9.08. The van der Waals surface area contributed by atoms with E-state index < -0.39 is 17.6 Å². The van der Waals surface area contributed by atoms with Crippen LogP contribution in [0.25, 0.3) is 22.2 Å². The molecule has 10 heteroatoms. The molecule has 45 heavy (non-hydrogen) atoms. The first kappa shape index (κ1) is 27.9. The van der Waals surface area contributed by atoms with E-state index in [0.717, 1.165) is 64.3 Å². The number of carboxylic acids is 1. The molecule has 1 aromatic heterocycles. The highest BCUT2D eigenvalue weighted by Crippen LogP contribution is 2.52. The number of imidazole rings is 1. The zero-order chi connectivity index (χ0) is 30.9. The van der Waals surface area contributed by atoms with Crippen molar-refractivity contribution >= 4 is 28.6 Å². The smallest absolute Gasteiger partial charge is 0.335 e. The molecule has 3 aliphatic rings. The average molecular weight is 627 g/mol. The van der Waals surface area contributed by atoms with Gasteiger partial charge in [-0.1, -0.05) is 35.9 Å². The molecule has 3 aliphatic heterocycles. The normalized spacial score (nSPS) is 19.8. The summed E-state index contributed by atoms with van der Waals surface area (Å²) in [6.07, 6.45) is 2.29. The quantitative estimate of drug-likeness (QED) is 0.205. The number of halogens is 2. The molecule has 0 saturated carbocycles. The highest BCUT2D eigenvalue weighted by molar-refractivity contribution is 6.30. The number of hydrogen-bond donors (Lipinski definition) is 1. The third-order valence-electron chi connectivity index (χ3n) is 8.85. The van der Waals surface area contributed by atoms with Gasteiger partial charge in [-0.2, -0.15) is 0 Å². The fraction of sp³-hybridized carbons (Fsp3) is 0.257. The van der Waals surface area contributed by atoms with Crippen molar-refractivity contribution < 1.29 is 33.2 Å². The summed E-state index contributed by atoms with van der Waals surface area (Å²) in [7, 11) is 0. The molecule has 8 rings (SSSR count). The maximum Gasteiger partial charge on any atom is 0.335 e. The number of rotatable bonds is 7. The number of carboxylic acid groups (broad SMARTS) is 1. The van der Waals surface area contributed by atoms with Crippen molar-refractivity contribution in [3.63, 3.8) is 0 Å². The predicted octanol–water partition coefficient (Wildman–Crippen LogP) is 7.15. The molecule has 2 atom stereocenters. The second-order valence-corrected chi connectivity index (χ2v) is 12.1. The van der Waals surface area contributed by atoms with Crippen molar-refractivity contribution in [2.24, 2.45) is 0 Å². The maximum absolute atomic E-state index is 14.9. The number of fused-ring (bicyclic) bond motifs is 3. The Balaban J connectivity index is 1.16. The van der Waals surface area contributed by atoms with E-state index in [-0.39, 0.29) is 17.2 Å². The zero-order valence-electron chi connectivity index (χ0n) is 24.3. The van der Waals surface area contributed by atoms with E-state index in [0.29, 0.717) is 36.1 Å². The molecule has 0 bridgehead atoms. The van der Waals surface area contributed by atoms with Gasteiger partial charge in [-0.15, -0.1) is 0 Å². The van der Waals surface area contributed by atoms with Crippen LogP contribution in [-0.4, -0.2) is 39.9 Å². The van der Waals surface area contributed by atoms with Crippen molar-refractivity contribution in [3.05, 3.63) is 106 Å². The largest absolute Gasteiger partial charge is 0.492 e. The van der Waals surface area contributed by atoms with Crippen LogP contribution in [0.2, 0.25) is 5.02 Å². The van der Waals surface area contributed by atoms with E-state index in [1.165, 1.54) is 6.07 Å². The van der Waals surface area contributed by atoms with E-state index in [9.17, 15) is 14.3 Å². The van der Waals surface area contributed by atoms with E-state index in [4.69, 9.17) is 35.5 Å². The summed E-state index contributed by atoms with van der Waals surface area (Å²) >= 11 is 5.99. The number of ether oxygens (including phenoxy) is 4. The van der Waals surface area contributed by atoms with E-state index in [1.54, 1.807) is 43.3 Å². The fourth-order valence-electron chi connectivity index (χ4n) is 6.49. The minimum atomic E-state index is -1.37. The average Bonchev–Trinajstić information content (AvgIpc) is 3.70. The molecule has 8 nitrogen and oxygen atoms in total. The lowest BCUT2D eigenvalue weighted by molar-refractivity contribution is -0.0705. The molecule has 1 fully saturated rings. The van der Waals surface area contributed by atoms with Gasteiger partial charge in [-0.3, -0.25) is 0 Å². The topological polar surface area (TPSA) is 92.0 Å². The number of aromatic nitrogens is 2. The molecule has 0 spiro atoms. The second kappa shape index (κ2) is 10.5. The predicted molar refractivity (Wildman–Crippen MR) is 165 cm³/mol. The van der Waals surface area contributed by atoms with Crippen LogP contribution in [0.1, 0.15) is 46.2 Å². The molecule has 0 amide bonds. The highest BCUT2D eigenvalue weighted by Gasteiger charge is 2.42. The first-order chi connectivity index (χ1) is 21.8. The molecular formula is C35H28ClFN2O6. The van der Waals surface area contributed by atoms with Gasteiger partial charge in [0.05, 0.1) is 41.4 Å². The molecule has 4 aromatic carbocycles. The molecule has 1 saturated heterocycles. The highest BCUT2D eigenvalue weighted by atomic mass is 35.5. The van der Waals surface area contributed by atoms with Crippen LogP contribution in [0.5, 0.6) is 17.2 Å². The van der Waals surface area contributed by atoms with Crippen LogP contribution in [0, 0.1) is 5.82 Å². The summed E-state index contributed by atoms with van der Waals surface area (Å²) in [6.45, 7) is 3.55. The number of carbonyl (C=O) groups is 1. The molecular weight excluding hydrogens is 599 g/mol. The molecule has 4 heterocycles. The Hall–Kier alpha value is -4.60. The Labute approximate surface area is 262 Å².